The van der Waals surface area contributed by atoms with Crippen molar-refractivity contribution in [1.82, 2.24) is 15.8 Å². The summed E-state index contributed by atoms with van der Waals surface area (Å²) in [5.74, 6) is 1.72. The fourth-order valence-electron chi connectivity index (χ4n) is 3.10. The van der Waals surface area contributed by atoms with E-state index in [0.29, 0.717) is 19.2 Å². The molecule has 1 aliphatic carbocycles. The Morgan fingerprint density at radius 3 is 2.85 bits per heavy atom. The Balaban J connectivity index is 1.67. The number of hydrogen-bond acceptors (Lipinski definition) is 4. The van der Waals surface area contributed by atoms with Gasteiger partial charge in [-0.3, -0.25) is 0 Å². The maximum atomic E-state index is 6.27. The second-order valence-electron chi connectivity index (χ2n) is 6.67. The monoisotopic (exact) mass is 356 g/mol. The minimum Gasteiger partial charge on any atom is -0.490 e. The van der Waals surface area contributed by atoms with Gasteiger partial charge in [0.15, 0.2) is 5.96 Å². The van der Waals surface area contributed by atoms with Gasteiger partial charge >= 0.3 is 0 Å². The molecule has 0 aliphatic heterocycles. The molecule has 140 valence electrons. The summed E-state index contributed by atoms with van der Waals surface area (Å²) in [4.78, 5) is 4.70. The lowest BCUT2D eigenvalue weighted by molar-refractivity contribution is 0.208. The zero-order valence-corrected chi connectivity index (χ0v) is 15.6. The lowest BCUT2D eigenvalue weighted by atomic mass is 10.1. The third kappa shape index (κ3) is 5.25. The summed E-state index contributed by atoms with van der Waals surface area (Å²) in [5, 5.41) is 10.4. The molecule has 1 aliphatic rings. The van der Waals surface area contributed by atoms with Crippen LogP contribution in [-0.4, -0.2) is 23.8 Å². The molecular formula is C20H28N4O2. The van der Waals surface area contributed by atoms with Gasteiger partial charge in [0.1, 0.15) is 17.7 Å². The summed E-state index contributed by atoms with van der Waals surface area (Å²) in [6, 6.07) is 8.19. The Kier molecular flexibility index (Phi) is 6.52. The summed E-state index contributed by atoms with van der Waals surface area (Å²) in [5.41, 5.74) is 3.17. The fraction of sp³-hybridized carbons (Fsp3) is 0.500. The first-order valence-electron chi connectivity index (χ1n) is 9.42. The van der Waals surface area contributed by atoms with Crippen LogP contribution in [0.25, 0.3) is 0 Å². The molecule has 1 heterocycles. The zero-order valence-electron chi connectivity index (χ0n) is 15.6. The Morgan fingerprint density at radius 1 is 1.27 bits per heavy atom. The van der Waals surface area contributed by atoms with Crippen molar-refractivity contribution in [2.75, 3.05) is 6.54 Å². The molecule has 0 atom stereocenters. The highest BCUT2D eigenvalue weighted by atomic mass is 16.5. The molecule has 0 saturated heterocycles. The molecular weight excluding hydrogens is 328 g/mol. The van der Waals surface area contributed by atoms with E-state index in [1.165, 1.54) is 18.4 Å². The molecule has 26 heavy (non-hydrogen) atoms. The third-order valence-electron chi connectivity index (χ3n) is 4.50. The highest BCUT2D eigenvalue weighted by molar-refractivity contribution is 5.79. The molecule has 6 heteroatoms. The maximum Gasteiger partial charge on any atom is 0.191 e. The van der Waals surface area contributed by atoms with Gasteiger partial charge in [0.25, 0.3) is 0 Å². The number of guanidine groups is 1. The number of ether oxygens (including phenoxy) is 1. The standard InChI is InChI=1S/C20H28N4O2/c1-3-21-20(23-14-17-10-11-25-24-17)22-13-16-9-8-15(2)12-19(16)26-18-6-4-5-7-18/h8-12,18H,3-7,13-14H2,1-2H3,(H2,21,22,23). The van der Waals surface area contributed by atoms with Gasteiger partial charge in [-0.15, -0.1) is 0 Å². The molecule has 0 spiro atoms. The van der Waals surface area contributed by atoms with E-state index in [2.05, 4.69) is 40.9 Å². The van der Waals surface area contributed by atoms with Gasteiger partial charge in [-0.25, -0.2) is 4.99 Å². The first-order chi connectivity index (χ1) is 12.7. The topological polar surface area (TPSA) is 71.7 Å². The normalized spacial score (nSPS) is 15.2. The SMILES string of the molecule is CCNC(=NCc1ccc(C)cc1OC1CCCC1)NCc1ccon1. The van der Waals surface area contributed by atoms with Gasteiger partial charge in [-0.05, 0) is 51.2 Å². The van der Waals surface area contributed by atoms with Gasteiger partial charge in [-0.2, -0.15) is 0 Å². The number of rotatable bonds is 7. The van der Waals surface area contributed by atoms with Crippen LogP contribution in [-0.2, 0) is 13.1 Å². The van der Waals surface area contributed by atoms with E-state index in [0.717, 1.165) is 42.4 Å². The van der Waals surface area contributed by atoms with Crippen LogP contribution in [0.4, 0.5) is 0 Å². The van der Waals surface area contributed by atoms with E-state index in [-0.39, 0.29) is 0 Å². The van der Waals surface area contributed by atoms with E-state index in [1.54, 1.807) is 6.26 Å². The molecule has 1 aromatic carbocycles. The number of hydrogen-bond donors (Lipinski definition) is 2. The molecule has 0 bridgehead atoms. The highest BCUT2D eigenvalue weighted by Crippen LogP contribution is 2.28. The van der Waals surface area contributed by atoms with Crippen LogP contribution in [0.15, 0.2) is 40.0 Å². The van der Waals surface area contributed by atoms with Gasteiger partial charge in [0.2, 0.25) is 0 Å². The van der Waals surface area contributed by atoms with Crippen LogP contribution in [0.3, 0.4) is 0 Å². The van der Waals surface area contributed by atoms with E-state index in [1.807, 2.05) is 13.0 Å². The predicted molar refractivity (Wildman–Crippen MR) is 102 cm³/mol. The third-order valence-corrected chi connectivity index (χ3v) is 4.50. The first-order valence-corrected chi connectivity index (χ1v) is 9.42. The molecule has 1 saturated carbocycles. The average molecular weight is 356 g/mol. The largest absolute Gasteiger partial charge is 0.490 e. The van der Waals surface area contributed by atoms with Crippen molar-refractivity contribution in [3.63, 3.8) is 0 Å². The maximum absolute atomic E-state index is 6.27. The van der Waals surface area contributed by atoms with E-state index in [9.17, 15) is 0 Å². The molecule has 2 N–H and O–H groups in total. The Hall–Kier alpha value is -2.50. The molecule has 1 aromatic heterocycles. The predicted octanol–water partition coefficient (Wildman–Crippen LogP) is 3.56. The van der Waals surface area contributed by atoms with Gasteiger partial charge in [0.05, 0.1) is 19.2 Å². The van der Waals surface area contributed by atoms with Crippen molar-refractivity contribution in [2.45, 2.75) is 58.7 Å². The lowest BCUT2D eigenvalue weighted by Crippen LogP contribution is -2.36. The summed E-state index contributed by atoms with van der Waals surface area (Å²) in [6.07, 6.45) is 6.75. The number of aromatic nitrogens is 1. The van der Waals surface area contributed by atoms with Crippen LogP contribution in [0.1, 0.15) is 49.4 Å². The smallest absolute Gasteiger partial charge is 0.191 e. The zero-order chi connectivity index (χ0) is 18.2. The summed E-state index contributed by atoms with van der Waals surface area (Å²) >= 11 is 0. The molecule has 0 radical (unpaired) electrons. The second-order valence-corrected chi connectivity index (χ2v) is 6.67. The Labute approximate surface area is 155 Å². The van der Waals surface area contributed by atoms with E-state index in [4.69, 9.17) is 14.3 Å². The molecule has 6 nitrogen and oxygen atoms in total. The van der Waals surface area contributed by atoms with Crippen LogP contribution in [0, 0.1) is 6.92 Å². The number of nitrogens with one attached hydrogen (secondary N) is 2. The lowest BCUT2D eigenvalue weighted by Gasteiger charge is -2.17. The molecule has 0 amide bonds. The van der Waals surface area contributed by atoms with Crippen molar-refractivity contribution in [3.8, 4) is 5.75 Å². The Bertz CT molecular complexity index is 707. The first kappa shape index (κ1) is 18.3. The summed E-state index contributed by atoms with van der Waals surface area (Å²) in [7, 11) is 0. The van der Waals surface area contributed by atoms with Crippen molar-refractivity contribution in [1.29, 1.82) is 0 Å². The van der Waals surface area contributed by atoms with E-state index < -0.39 is 0 Å². The number of aryl methyl sites for hydroxylation is 1. The molecule has 2 aromatic rings. The van der Waals surface area contributed by atoms with Crippen LogP contribution >= 0.6 is 0 Å². The van der Waals surface area contributed by atoms with Crippen molar-refractivity contribution in [3.05, 3.63) is 47.3 Å². The van der Waals surface area contributed by atoms with Crippen LogP contribution in [0.2, 0.25) is 0 Å². The van der Waals surface area contributed by atoms with Gasteiger partial charge in [0, 0.05) is 18.2 Å². The molecule has 0 unspecified atom stereocenters. The van der Waals surface area contributed by atoms with Crippen LogP contribution < -0.4 is 15.4 Å². The average Bonchev–Trinajstić information content (AvgIpc) is 3.32. The second kappa shape index (κ2) is 9.27. The van der Waals surface area contributed by atoms with E-state index >= 15 is 0 Å². The van der Waals surface area contributed by atoms with Crippen molar-refractivity contribution in [2.24, 2.45) is 4.99 Å². The number of aliphatic imine (C=N–C) groups is 1. The summed E-state index contributed by atoms with van der Waals surface area (Å²) in [6.45, 7) is 6.08. The Morgan fingerprint density at radius 2 is 2.12 bits per heavy atom. The number of benzene rings is 1. The van der Waals surface area contributed by atoms with Crippen LogP contribution in [0.5, 0.6) is 5.75 Å². The highest BCUT2D eigenvalue weighted by Gasteiger charge is 2.18. The fourth-order valence-corrected chi connectivity index (χ4v) is 3.10. The van der Waals surface area contributed by atoms with Gasteiger partial charge in [-0.1, -0.05) is 17.3 Å². The van der Waals surface area contributed by atoms with Crippen molar-refractivity contribution < 1.29 is 9.26 Å². The quantitative estimate of drug-likeness (QED) is 0.586. The van der Waals surface area contributed by atoms with Crippen molar-refractivity contribution >= 4 is 5.96 Å². The molecule has 1 fully saturated rings. The minimum absolute atomic E-state index is 0.345. The number of nitrogens with zero attached hydrogens (tertiary/aromatic N) is 2. The molecule has 3 rings (SSSR count). The minimum atomic E-state index is 0.345. The van der Waals surface area contributed by atoms with Gasteiger partial charge < -0.3 is 19.9 Å². The summed E-state index contributed by atoms with van der Waals surface area (Å²) < 4.78 is 11.1.